The fraction of sp³-hybridized carbons (Fsp3) is 0.700. The topological polar surface area (TPSA) is 43.8 Å². The molecule has 0 aliphatic carbocycles. The molecule has 1 aromatic rings. The minimum absolute atomic E-state index is 0. The number of halogens is 4. The number of hydrogen-bond acceptors (Lipinski definition) is 3. The monoisotopic (exact) mass is 527 g/mol. The second-order valence-electron chi connectivity index (χ2n) is 7.33. The molecular formula is C20H33F3IN5. The highest BCUT2D eigenvalue weighted by atomic mass is 127. The standard InChI is InChI=1S/C20H32F3N5.HI/c1-4-25-19(26-10-7-18-6-9-24-12-16(18)3)28-11-8-17(14-28)13-27(5-2)15-20(21,22)23;/h6,9,12,17H,4-5,7-8,10-11,13-15H2,1-3H3,(H,25,26);1H. The number of pyridine rings is 1. The van der Waals surface area contributed by atoms with Gasteiger partial charge in [0.25, 0.3) is 0 Å². The van der Waals surface area contributed by atoms with Gasteiger partial charge in [-0.3, -0.25) is 14.9 Å². The summed E-state index contributed by atoms with van der Waals surface area (Å²) in [6.45, 7) is 8.92. The minimum Gasteiger partial charge on any atom is -0.357 e. The molecule has 0 bridgehead atoms. The molecule has 0 radical (unpaired) electrons. The van der Waals surface area contributed by atoms with Gasteiger partial charge in [-0.15, -0.1) is 24.0 Å². The first-order valence-electron chi connectivity index (χ1n) is 10.0. The van der Waals surface area contributed by atoms with E-state index < -0.39 is 12.7 Å². The number of guanidine groups is 1. The zero-order valence-electron chi connectivity index (χ0n) is 17.5. The van der Waals surface area contributed by atoms with Gasteiger partial charge in [-0.05, 0) is 56.3 Å². The quantitative estimate of drug-likeness (QED) is 0.318. The van der Waals surface area contributed by atoms with Crippen molar-refractivity contribution in [2.24, 2.45) is 10.9 Å². The fourth-order valence-corrected chi connectivity index (χ4v) is 3.59. The molecule has 0 spiro atoms. The average molecular weight is 527 g/mol. The third-order valence-electron chi connectivity index (χ3n) is 5.07. The largest absolute Gasteiger partial charge is 0.401 e. The third-order valence-corrected chi connectivity index (χ3v) is 5.07. The summed E-state index contributed by atoms with van der Waals surface area (Å²) in [7, 11) is 0. The smallest absolute Gasteiger partial charge is 0.357 e. The molecule has 1 unspecified atom stereocenters. The Kier molecular flexibility index (Phi) is 11.2. The molecular weight excluding hydrogens is 494 g/mol. The van der Waals surface area contributed by atoms with Gasteiger partial charge in [0.15, 0.2) is 5.96 Å². The highest BCUT2D eigenvalue weighted by Gasteiger charge is 2.32. The lowest BCUT2D eigenvalue weighted by Crippen LogP contribution is -2.42. The van der Waals surface area contributed by atoms with Gasteiger partial charge in [0.2, 0.25) is 0 Å². The molecule has 1 saturated heterocycles. The summed E-state index contributed by atoms with van der Waals surface area (Å²) in [5.74, 6) is 1.09. The number of aliphatic imine (C=N–C) groups is 1. The van der Waals surface area contributed by atoms with E-state index in [1.807, 2.05) is 26.1 Å². The molecule has 0 amide bonds. The van der Waals surface area contributed by atoms with Gasteiger partial charge in [-0.25, -0.2) is 0 Å². The lowest BCUT2D eigenvalue weighted by molar-refractivity contribution is -0.146. The Morgan fingerprint density at radius 2 is 2.14 bits per heavy atom. The zero-order chi connectivity index (χ0) is 20.6. The molecule has 1 fully saturated rings. The first-order valence-corrected chi connectivity index (χ1v) is 10.0. The number of rotatable bonds is 8. The first-order chi connectivity index (χ1) is 13.3. The molecule has 1 aromatic heterocycles. The number of nitrogens with one attached hydrogen (secondary N) is 1. The molecule has 1 aliphatic heterocycles. The van der Waals surface area contributed by atoms with E-state index in [9.17, 15) is 13.2 Å². The van der Waals surface area contributed by atoms with Crippen molar-refractivity contribution >= 4 is 29.9 Å². The number of aryl methyl sites for hydroxylation is 1. The average Bonchev–Trinajstić information content (AvgIpc) is 3.09. The van der Waals surface area contributed by atoms with E-state index in [0.29, 0.717) is 19.6 Å². The predicted octanol–water partition coefficient (Wildman–Crippen LogP) is 3.72. The van der Waals surface area contributed by atoms with Gasteiger partial charge in [0, 0.05) is 45.1 Å². The van der Waals surface area contributed by atoms with Crippen molar-refractivity contribution in [3.05, 3.63) is 29.6 Å². The van der Waals surface area contributed by atoms with Crippen molar-refractivity contribution in [3.63, 3.8) is 0 Å². The normalized spacial score (nSPS) is 17.6. The number of alkyl halides is 3. The van der Waals surface area contributed by atoms with Crippen LogP contribution in [0.1, 0.15) is 31.4 Å². The van der Waals surface area contributed by atoms with E-state index in [1.54, 1.807) is 13.1 Å². The van der Waals surface area contributed by atoms with Crippen molar-refractivity contribution in [1.29, 1.82) is 0 Å². The Morgan fingerprint density at radius 1 is 1.38 bits per heavy atom. The fourth-order valence-electron chi connectivity index (χ4n) is 3.59. The van der Waals surface area contributed by atoms with Crippen LogP contribution in [-0.4, -0.2) is 72.7 Å². The van der Waals surface area contributed by atoms with Crippen molar-refractivity contribution in [3.8, 4) is 0 Å². The number of aromatic nitrogens is 1. The summed E-state index contributed by atoms with van der Waals surface area (Å²) in [5, 5.41) is 3.32. The third kappa shape index (κ3) is 9.06. The number of likely N-dealkylation sites (tertiary alicyclic amines) is 1. The Morgan fingerprint density at radius 3 is 2.76 bits per heavy atom. The van der Waals surface area contributed by atoms with E-state index in [4.69, 9.17) is 4.99 Å². The van der Waals surface area contributed by atoms with E-state index in [2.05, 4.69) is 15.2 Å². The van der Waals surface area contributed by atoms with E-state index in [1.165, 1.54) is 10.5 Å². The molecule has 1 atom stereocenters. The van der Waals surface area contributed by atoms with Crippen LogP contribution in [0.5, 0.6) is 0 Å². The van der Waals surface area contributed by atoms with Gasteiger partial charge in [-0.2, -0.15) is 13.2 Å². The lowest BCUT2D eigenvalue weighted by Gasteiger charge is -2.26. The molecule has 29 heavy (non-hydrogen) atoms. The SMILES string of the molecule is CCNC(=NCCc1ccncc1C)N1CCC(CN(CC)CC(F)(F)F)C1.I. The molecule has 166 valence electrons. The van der Waals surface area contributed by atoms with Crippen molar-refractivity contribution in [1.82, 2.24) is 20.1 Å². The van der Waals surface area contributed by atoms with Gasteiger partial charge >= 0.3 is 6.18 Å². The lowest BCUT2D eigenvalue weighted by atomic mass is 10.1. The zero-order valence-corrected chi connectivity index (χ0v) is 19.8. The molecule has 1 N–H and O–H groups in total. The Labute approximate surface area is 189 Å². The maximum Gasteiger partial charge on any atom is 0.401 e. The van der Waals surface area contributed by atoms with Crippen molar-refractivity contribution in [2.45, 2.75) is 39.8 Å². The van der Waals surface area contributed by atoms with Crippen molar-refractivity contribution < 1.29 is 13.2 Å². The summed E-state index contributed by atoms with van der Waals surface area (Å²) in [4.78, 5) is 12.5. The van der Waals surface area contributed by atoms with Crippen LogP contribution in [0.4, 0.5) is 13.2 Å². The van der Waals surface area contributed by atoms with Crippen molar-refractivity contribution in [2.75, 3.05) is 45.8 Å². The van der Waals surface area contributed by atoms with Crippen LogP contribution in [0.3, 0.4) is 0 Å². The van der Waals surface area contributed by atoms with Crippen LogP contribution in [0.2, 0.25) is 0 Å². The second kappa shape index (κ2) is 12.6. The second-order valence-corrected chi connectivity index (χ2v) is 7.33. The molecule has 9 heteroatoms. The van der Waals surface area contributed by atoms with Crippen LogP contribution in [0, 0.1) is 12.8 Å². The van der Waals surface area contributed by atoms with Crippen LogP contribution >= 0.6 is 24.0 Å². The van der Waals surface area contributed by atoms with Crippen LogP contribution in [-0.2, 0) is 6.42 Å². The molecule has 2 heterocycles. The molecule has 0 aromatic carbocycles. The number of hydrogen-bond donors (Lipinski definition) is 1. The highest BCUT2D eigenvalue weighted by molar-refractivity contribution is 14.0. The minimum atomic E-state index is -4.14. The molecule has 2 rings (SSSR count). The molecule has 0 saturated carbocycles. The first kappa shape index (κ1) is 25.9. The molecule has 1 aliphatic rings. The van der Waals surface area contributed by atoms with Crippen LogP contribution in [0.15, 0.2) is 23.5 Å². The summed E-state index contributed by atoms with van der Waals surface area (Å²) in [5.41, 5.74) is 2.40. The summed E-state index contributed by atoms with van der Waals surface area (Å²) >= 11 is 0. The van der Waals surface area contributed by atoms with Gasteiger partial charge < -0.3 is 10.2 Å². The van der Waals surface area contributed by atoms with Gasteiger partial charge in [0.05, 0.1) is 6.54 Å². The van der Waals surface area contributed by atoms with E-state index in [-0.39, 0.29) is 29.9 Å². The Bertz CT molecular complexity index is 639. The summed E-state index contributed by atoms with van der Waals surface area (Å²) < 4.78 is 38.1. The Hall–Kier alpha value is -1.10. The maximum absolute atomic E-state index is 12.7. The molecule has 5 nitrogen and oxygen atoms in total. The van der Waals surface area contributed by atoms with E-state index in [0.717, 1.165) is 44.0 Å². The van der Waals surface area contributed by atoms with E-state index >= 15 is 0 Å². The van der Waals surface area contributed by atoms with Gasteiger partial charge in [-0.1, -0.05) is 6.92 Å². The maximum atomic E-state index is 12.7. The van der Waals surface area contributed by atoms with Crippen LogP contribution in [0.25, 0.3) is 0 Å². The summed E-state index contributed by atoms with van der Waals surface area (Å²) in [6.07, 6.45) is 1.24. The highest BCUT2D eigenvalue weighted by Crippen LogP contribution is 2.21. The predicted molar refractivity (Wildman–Crippen MR) is 122 cm³/mol. The van der Waals surface area contributed by atoms with Gasteiger partial charge in [0.1, 0.15) is 0 Å². The summed E-state index contributed by atoms with van der Waals surface area (Å²) in [6, 6.07) is 2.02. The van der Waals surface area contributed by atoms with Crippen LogP contribution < -0.4 is 5.32 Å². The Balaban J connectivity index is 0.00000420. The number of nitrogens with zero attached hydrogens (tertiary/aromatic N) is 4.